The molecular weight excluding hydrogens is 326 g/mol. The quantitative estimate of drug-likeness (QED) is 0.792. The van der Waals surface area contributed by atoms with Crippen molar-refractivity contribution in [3.63, 3.8) is 0 Å². The Kier molecular flexibility index (Phi) is 5.43. The first-order valence-electron chi connectivity index (χ1n) is 7.91. The van der Waals surface area contributed by atoms with Gasteiger partial charge in [-0.05, 0) is 48.4 Å². The van der Waals surface area contributed by atoms with Gasteiger partial charge in [-0.15, -0.1) is 11.3 Å². The van der Waals surface area contributed by atoms with Crippen molar-refractivity contribution in [3.8, 4) is 6.07 Å². The van der Waals surface area contributed by atoms with Crippen LogP contribution in [0.15, 0.2) is 0 Å². The Morgan fingerprint density at radius 1 is 1.48 bits per heavy atom. The van der Waals surface area contributed by atoms with Gasteiger partial charge in [0.05, 0.1) is 5.56 Å². The van der Waals surface area contributed by atoms with Crippen LogP contribution >= 0.6 is 23.6 Å². The van der Waals surface area contributed by atoms with Gasteiger partial charge in [-0.2, -0.15) is 5.26 Å². The van der Waals surface area contributed by atoms with E-state index < -0.39 is 0 Å². The topological polar surface area (TPSA) is 64.9 Å². The highest BCUT2D eigenvalue weighted by molar-refractivity contribution is 7.80. The highest BCUT2D eigenvalue weighted by Gasteiger charge is 2.32. The number of amides is 1. The van der Waals surface area contributed by atoms with Gasteiger partial charge in [0.2, 0.25) is 5.91 Å². The normalized spacial score (nSPS) is 17.1. The van der Waals surface area contributed by atoms with E-state index in [2.05, 4.69) is 37.5 Å². The van der Waals surface area contributed by atoms with E-state index >= 15 is 0 Å². The van der Waals surface area contributed by atoms with Crippen LogP contribution in [0.5, 0.6) is 0 Å². The lowest BCUT2D eigenvalue weighted by molar-refractivity contribution is -0.119. The maximum absolute atomic E-state index is 11.4. The van der Waals surface area contributed by atoms with Crippen LogP contribution in [-0.2, 0) is 17.6 Å². The Bertz CT molecular complexity index is 665. The molecule has 2 rings (SSSR count). The van der Waals surface area contributed by atoms with E-state index in [4.69, 9.17) is 12.2 Å². The van der Waals surface area contributed by atoms with E-state index in [1.165, 1.54) is 4.88 Å². The molecule has 1 aromatic heterocycles. The maximum Gasteiger partial charge on any atom is 0.225 e. The summed E-state index contributed by atoms with van der Waals surface area (Å²) >= 11 is 6.76. The largest absolute Gasteiger partial charge is 0.323 e. The fraction of sp³-hybridized carbons (Fsp3) is 0.588. The van der Waals surface area contributed by atoms with Gasteiger partial charge in [-0.25, -0.2) is 0 Å². The number of nitrogens with one attached hydrogen (secondary N) is 2. The number of nitriles is 1. The van der Waals surface area contributed by atoms with Crippen LogP contribution in [0.4, 0.5) is 5.00 Å². The molecule has 0 aromatic carbocycles. The molecule has 4 nitrogen and oxygen atoms in total. The number of carbonyl (C=O) groups excluding carboxylic acids is 1. The number of anilines is 1. The zero-order valence-electron chi connectivity index (χ0n) is 14.1. The highest BCUT2D eigenvalue weighted by atomic mass is 32.1. The number of thiocarbonyl (C=S) groups is 1. The van der Waals surface area contributed by atoms with Crippen molar-refractivity contribution in [1.82, 2.24) is 5.32 Å². The van der Waals surface area contributed by atoms with Gasteiger partial charge in [0.25, 0.3) is 0 Å². The molecule has 0 radical (unpaired) electrons. The SMILES string of the molecule is CCC(=O)NC(=S)Nc1sc2c(c1C#N)CC[C@H](C(C)(C)C)C2. The average Bonchev–Trinajstić information content (AvgIpc) is 2.81. The van der Waals surface area contributed by atoms with E-state index in [1.54, 1.807) is 18.3 Å². The van der Waals surface area contributed by atoms with Crippen molar-refractivity contribution >= 4 is 39.6 Å². The van der Waals surface area contributed by atoms with Gasteiger partial charge < -0.3 is 10.6 Å². The molecule has 1 aromatic rings. The minimum absolute atomic E-state index is 0.130. The molecule has 2 N–H and O–H groups in total. The predicted molar refractivity (Wildman–Crippen MR) is 98.7 cm³/mol. The van der Waals surface area contributed by atoms with E-state index in [0.717, 1.165) is 29.8 Å². The highest BCUT2D eigenvalue weighted by Crippen LogP contribution is 2.43. The molecule has 1 aliphatic carbocycles. The lowest BCUT2D eigenvalue weighted by Gasteiger charge is -2.33. The molecule has 0 fully saturated rings. The monoisotopic (exact) mass is 349 g/mol. The van der Waals surface area contributed by atoms with E-state index in [-0.39, 0.29) is 16.4 Å². The third kappa shape index (κ3) is 4.10. The van der Waals surface area contributed by atoms with Gasteiger partial charge in [0, 0.05) is 11.3 Å². The molecule has 0 aliphatic heterocycles. The lowest BCUT2D eigenvalue weighted by atomic mass is 9.72. The zero-order chi connectivity index (χ0) is 17.2. The fourth-order valence-corrected chi connectivity index (χ4v) is 4.44. The van der Waals surface area contributed by atoms with E-state index in [9.17, 15) is 10.1 Å². The molecule has 1 heterocycles. The molecule has 0 bridgehead atoms. The summed E-state index contributed by atoms with van der Waals surface area (Å²) in [6.07, 6.45) is 3.43. The Morgan fingerprint density at radius 3 is 2.74 bits per heavy atom. The molecule has 0 saturated carbocycles. The number of fused-ring (bicyclic) bond motifs is 1. The van der Waals surface area contributed by atoms with Crippen LogP contribution in [0.3, 0.4) is 0 Å². The first-order valence-corrected chi connectivity index (χ1v) is 9.14. The second-order valence-electron chi connectivity index (χ2n) is 6.98. The number of hydrogen-bond acceptors (Lipinski definition) is 4. The van der Waals surface area contributed by atoms with E-state index in [1.807, 2.05) is 0 Å². The van der Waals surface area contributed by atoms with Gasteiger partial charge in [0.15, 0.2) is 5.11 Å². The molecule has 1 amide bonds. The molecule has 1 atom stereocenters. The van der Waals surface area contributed by atoms with Crippen molar-refractivity contribution in [1.29, 1.82) is 5.26 Å². The molecule has 0 spiro atoms. The van der Waals surface area contributed by atoms with Crippen LogP contribution in [0.25, 0.3) is 0 Å². The maximum atomic E-state index is 11.4. The predicted octanol–water partition coefficient (Wildman–Crippen LogP) is 3.99. The van der Waals surface area contributed by atoms with Crippen LogP contribution in [0.1, 0.15) is 56.5 Å². The van der Waals surface area contributed by atoms with Gasteiger partial charge in [-0.1, -0.05) is 27.7 Å². The second-order valence-corrected chi connectivity index (χ2v) is 8.49. The Labute approximate surface area is 147 Å². The summed E-state index contributed by atoms with van der Waals surface area (Å²) in [6, 6.07) is 2.31. The summed E-state index contributed by atoms with van der Waals surface area (Å²) in [4.78, 5) is 12.7. The molecular formula is C17H23N3OS2. The summed E-state index contributed by atoms with van der Waals surface area (Å²) < 4.78 is 0. The minimum atomic E-state index is -0.130. The van der Waals surface area contributed by atoms with Crippen molar-refractivity contribution in [3.05, 3.63) is 16.0 Å². The van der Waals surface area contributed by atoms with Gasteiger partial charge in [-0.3, -0.25) is 4.79 Å². The molecule has 0 unspecified atom stereocenters. The third-order valence-electron chi connectivity index (χ3n) is 4.40. The number of hydrogen-bond donors (Lipinski definition) is 2. The van der Waals surface area contributed by atoms with Gasteiger partial charge >= 0.3 is 0 Å². The van der Waals surface area contributed by atoms with Crippen LogP contribution in [0.2, 0.25) is 0 Å². The van der Waals surface area contributed by atoms with Gasteiger partial charge in [0.1, 0.15) is 11.1 Å². The standard InChI is InChI=1S/C17H23N3OS2/c1-5-14(21)19-16(22)20-15-12(9-18)11-7-6-10(17(2,3)4)8-13(11)23-15/h10H,5-8H2,1-4H3,(H2,19,20,21,22)/t10-/m0/s1. The Hall–Kier alpha value is -1.45. The number of nitrogens with zero attached hydrogens (tertiary/aromatic N) is 1. The van der Waals surface area contributed by atoms with Crippen molar-refractivity contribution < 1.29 is 4.79 Å². The molecule has 6 heteroatoms. The summed E-state index contributed by atoms with van der Waals surface area (Å²) in [5, 5.41) is 16.2. The second kappa shape index (κ2) is 6.98. The van der Waals surface area contributed by atoms with Crippen molar-refractivity contribution in [2.45, 2.75) is 53.4 Å². The smallest absolute Gasteiger partial charge is 0.225 e. The minimum Gasteiger partial charge on any atom is -0.323 e. The van der Waals surface area contributed by atoms with Crippen LogP contribution in [-0.4, -0.2) is 11.0 Å². The summed E-state index contributed by atoms with van der Waals surface area (Å²) in [5.41, 5.74) is 2.11. The third-order valence-corrected chi connectivity index (χ3v) is 5.78. The van der Waals surface area contributed by atoms with Crippen LogP contribution < -0.4 is 10.6 Å². The fourth-order valence-electron chi connectivity index (χ4n) is 2.88. The summed E-state index contributed by atoms with van der Waals surface area (Å²) in [7, 11) is 0. The van der Waals surface area contributed by atoms with E-state index in [0.29, 0.717) is 17.9 Å². The molecule has 23 heavy (non-hydrogen) atoms. The zero-order valence-corrected chi connectivity index (χ0v) is 15.7. The number of thiophene rings is 1. The molecule has 124 valence electrons. The lowest BCUT2D eigenvalue weighted by Crippen LogP contribution is -2.33. The van der Waals surface area contributed by atoms with Crippen molar-refractivity contribution in [2.24, 2.45) is 11.3 Å². The summed E-state index contributed by atoms with van der Waals surface area (Å²) in [6.45, 7) is 8.59. The Morgan fingerprint density at radius 2 is 2.17 bits per heavy atom. The van der Waals surface area contributed by atoms with Crippen LogP contribution in [0, 0.1) is 22.7 Å². The molecule has 1 aliphatic rings. The first-order chi connectivity index (χ1) is 10.8. The first kappa shape index (κ1) is 17.9. The Balaban J connectivity index is 2.21. The van der Waals surface area contributed by atoms with Crippen molar-refractivity contribution in [2.75, 3.05) is 5.32 Å². The number of rotatable bonds is 2. The molecule has 0 saturated heterocycles. The summed E-state index contributed by atoms with van der Waals surface area (Å²) in [5.74, 6) is 0.495. The number of carbonyl (C=O) groups is 1. The average molecular weight is 350 g/mol.